The van der Waals surface area contributed by atoms with Gasteiger partial charge in [-0.25, -0.2) is 0 Å². The first-order chi connectivity index (χ1) is 26.8. The first-order valence-corrected chi connectivity index (χ1v) is 24.0. The van der Waals surface area contributed by atoms with Gasteiger partial charge in [-0.15, -0.1) is 0 Å². The maximum Gasteiger partial charge on any atom is 0.210 e. The summed E-state index contributed by atoms with van der Waals surface area (Å²) in [5, 5.41) is 7.74. The molecule has 0 bridgehead atoms. The smallest absolute Gasteiger partial charge is 0.210 e. The van der Waals surface area contributed by atoms with Crippen molar-refractivity contribution in [1.29, 1.82) is 0 Å². The van der Waals surface area contributed by atoms with Gasteiger partial charge in [0.2, 0.25) is 5.69 Å². The lowest BCUT2D eigenvalue weighted by Gasteiger charge is -2.27. The molecule has 4 heteroatoms. The molecule has 0 radical (unpaired) electrons. The number of anilines is 1. The van der Waals surface area contributed by atoms with Gasteiger partial charge in [0.1, 0.15) is 6.54 Å². The molecule has 0 saturated heterocycles. The average molecular weight is 868 g/mol. The molecule has 0 amide bonds. The van der Waals surface area contributed by atoms with Crippen LogP contribution in [0.15, 0.2) is 96.7 Å². The zero-order valence-corrected chi connectivity index (χ0v) is 37.6. The Morgan fingerprint density at radius 1 is 0.545 bits per heavy atom. The number of nitrogens with zero attached hydrogens (tertiary/aromatic N) is 2. The maximum atomic E-state index is 3.58. The van der Waals surface area contributed by atoms with Crippen LogP contribution >= 0.6 is 31.9 Å². The van der Waals surface area contributed by atoms with Crippen LogP contribution in [0.25, 0.3) is 21.5 Å². The fourth-order valence-corrected chi connectivity index (χ4v) is 10.4. The maximum absolute atomic E-state index is 3.58. The summed E-state index contributed by atoms with van der Waals surface area (Å²) in [6, 6.07) is 27.5. The SMILES string of the molecule is CC1(C)C(/C=C/C=C2\N(CCCCCCCCCCBr)c3ccc4ccccc4c3C2(C)C)=[N+](CCCCCCCCCCBr)c2ccc3ccccc3c21. The second-order valence-electron chi connectivity index (χ2n) is 17.2. The number of hydrogen-bond donors (Lipinski definition) is 0. The van der Waals surface area contributed by atoms with E-state index in [-0.39, 0.29) is 10.8 Å². The Morgan fingerprint density at radius 3 is 1.65 bits per heavy atom. The number of halogens is 2. The summed E-state index contributed by atoms with van der Waals surface area (Å²) in [6.45, 7) is 11.9. The van der Waals surface area contributed by atoms with Gasteiger partial charge >= 0.3 is 0 Å². The second kappa shape index (κ2) is 20.1. The number of fused-ring (bicyclic) bond motifs is 6. The number of unbranched alkanes of at least 4 members (excludes halogenated alkanes) is 14. The summed E-state index contributed by atoms with van der Waals surface area (Å²) < 4.78 is 2.67. The summed E-state index contributed by atoms with van der Waals surface area (Å²) >= 11 is 7.16. The predicted molar refractivity (Wildman–Crippen MR) is 250 cm³/mol. The zero-order valence-electron chi connectivity index (χ0n) is 34.5. The van der Waals surface area contributed by atoms with Crippen LogP contribution < -0.4 is 4.90 Å². The van der Waals surface area contributed by atoms with Gasteiger partial charge < -0.3 is 4.90 Å². The van der Waals surface area contributed by atoms with E-state index in [1.807, 2.05) is 0 Å². The molecule has 2 aliphatic rings. The van der Waals surface area contributed by atoms with Gasteiger partial charge in [-0.2, -0.15) is 4.58 Å². The molecule has 2 aliphatic heterocycles. The van der Waals surface area contributed by atoms with E-state index in [4.69, 9.17) is 0 Å². The monoisotopic (exact) mass is 865 g/mol. The standard InChI is InChI=1S/C51H67Br2N2/c1-50(2)46(54(38-23-15-11-7-5-9-13-21-36-52)44-34-32-40-26-17-19-28-42(40)48(44)50)30-25-31-47-51(3,4)49-43-29-20-18-27-41(43)33-35-45(49)55(47)39-24-16-12-8-6-10-14-22-37-53/h17-20,25-35H,5-16,21-24,36-39H2,1-4H3/q+1. The molecule has 0 fully saturated rings. The highest BCUT2D eigenvalue weighted by atomic mass is 79.9. The van der Waals surface area contributed by atoms with Crippen molar-refractivity contribution >= 4 is 70.5 Å². The van der Waals surface area contributed by atoms with Crippen LogP contribution in [-0.4, -0.2) is 34.0 Å². The molecule has 0 saturated carbocycles. The lowest BCUT2D eigenvalue weighted by Crippen LogP contribution is -2.28. The fourth-order valence-electron chi connectivity index (χ4n) is 9.63. The van der Waals surface area contributed by atoms with Crippen LogP contribution in [0.1, 0.15) is 142 Å². The van der Waals surface area contributed by atoms with E-state index in [2.05, 4.69) is 160 Å². The zero-order chi connectivity index (χ0) is 38.7. The van der Waals surface area contributed by atoms with E-state index in [0.29, 0.717) is 0 Å². The van der Waals surface area contributed by atoms with E-state index in [0.717, 1.165) is 23.7 Å². The third-order valence-electron chi connectivity index (χ3n) is 12.5. The van der Waals surface area contributed by atoms with Gasteiger partial charge in [-0.1, -0.05) is 177 Å². The molecule has 0 atom stereocenters. The molecule has 6 rings (SSSR count). The van der Waals surface area contributed by atoms with Gasteiger partial charge in [0, 0.05) is 58.1 Å². The van der Waals surface area contributed by atoms with Crippen molar-refractivity contribution in [3.63, 3.8) is 0 Å². The number of rotatable bonds is 22. The van der Waals surface area contributed by atoms with Gasteiger partial charge in [0.15, 0.2) is 5.71 Å². The summed E-state index contributed by atoms with van der Waals surface area (Å²) in [4.78, 5) is 2.67. The molecule has 55 heavy (non-hydrogen) atoms. The highest BCUT2D eigenvalue weighted by Crippen LogP contribution is 2.51. The van der Waals surface area contributed by atoms with E-state index in [1.165, 1.54) is 158 Å². The molecule has 0 aliphatic carbocycles. The van der Waals surface area contributed by atoms with Crippen LogP contribution in [0.3, 0.4) is 0 Å². The van der Waals surface area contributed by atoms with E-state index < -0.39 is 0 Å². The lowest BCUT2D eigenvalue weighted by molar-refractivity contribution is -0.438. The molecule has 0 spiro atoms. The Labute approximate surface area is 350 Å². The predicted octanol–water partition coefficient (Wildman–Crippen LogP) is 15.6. The van der Waals surface area contributed by atoms with E-state index >= 15 is 0 Å². The minimum atomic E-state index is -0.0983. The molecular weight excluding hydrogens is 800 g/mol. The molecule has 0 unspecified atom stereocenters. The van der Waals surface area contributed by atoms with Crippen molar-refractivity contribution in [3.05, 3.63) is 108 Å². The third-order valence-corrected chi connectivity index (χ3v) is 13.7. The first kappa shape index (κ1) is 41.9. The van der Waals surface area contributed by atoms with Crippen molar-refractivity contribution in [2.45, 2.75) is 141 Å². The molecule has 0 aromatic heterocycles. The molecule has 0 N–H and O–H groups in total. The minimum absolute atomic E-state index is 0.0983. The lowest BCUT2D eigenvalue weighted by atomic mass is 9.79. The number of alkyl halides is 2. The average Bonchev–Trinajstić information content (AvgIpc) is 3.54. The third kappa shape index (κ3) is 9.72. The van der Waals surface area contributed by atoms with Gasteiger partial charge in [-0.05, 0) is 84.8 Å². The van der Waals surface area contributed by atoms with Crippen molar-refractivity contribution < 1.29 is 4.58 Å². The van der Waals surface area contributed by atoms with E-state index in [9.17, 15) is 0 Å². The quantitative estimate of drug-likeness (QED) is 0.0433. The highest BCUT2D eigenvalue weighted by molar-refractivity contribution is 9.09. The normalized spacial score (nSPS) is 16.7. The van der Waals surface area contributed by atoms with Crippen LogP contribution in [-0.2, 0) is 10.8 Å². The van der Waals surface area contributed by atoms with Gasteiger partial charge in [-0.3, -0.25) is 0 Å². The number of hydrogen-bond acceptors (Lipinski definition) is 1. The summed E-state index contributed by atoms with van der Waals surface area (Å²) in [5.41, 5.74) is 8.41. The Kier molecular flexibility index (Phi) is 15.4. The molecule has 294 valence electrons. The largest absolute Gasteiger partial charge is 0.344 e. The summed E-state index contributed by atoms with van der Waals surface area (Å²) in [5.74, 6) is 0. The van der Waals surface area contributed by atoms with Crippen molar-refractivity contribution in [1.82, 2.24) is 0 Å². The Balaban J connectivity index is 1.26. The first-order valence-electron chi connectivity index (χ1n) is 21.8. The van der Waals surface area contributed by atoms with Crippen LogP contribution in [0.2, 0.25) is 0 Å². The topological polar surface area (TPSA) is 6.25 Å². The van der Waals surface area contributed by atoms with Crippen LogP contribution in [0.5, 0.6) is 0 Å². The molecular formula is C51H67Br2N2+. The second-order valence-corrected chi connectivity index (χ2v) is 18.8. The van der Waals surface area contributed by atoms with Crippen molar-refractivity contribution in [2.24, 2.45) is 0 Å². The number of allylic oxidation sites excluding steroid dienone is 4. The molecule has 4 aromatic rings. The Bertz CT molecular complexity index is 1960. The van der Waals surface area contributed by atoms with Gasteiger partial charge in [0.05, 0.1) is 5.41 Å². The summed E-state index contributed by atoms with van der Waals surface area (Å²) in [7, 11) is 0. The Morgan fingerprint density at radius 2 is 1.05 bits per heavy atom. The number of benzene rings is 4. The Hall–Kier alpha value is -2.69. The molecule has 2 nitrogen and oxygen atoms in total. The van der Waals surface area contributed by atoms with Crippen LogP contribution in [0.4, 0.5) is 11.4 Å². The van der Waals surface area contributed by atoms with E-state index in [1.54, 1.807) is 0 Å². The fraction of sp³-hybridized carbons (Fsp3) is 0.510. The molecule has 4 aromatic carbocycles. The van der Waals surface area contributed by atoms with Gasteiger partial charge in [0.25, 0.3) is 0 Å². The highest BCUT2D eigenvalue weighted by Gasteiger charge is 2.45. The summed E-state index contributed by atoms with van der Waals surface area (Å²) in [6.07, 6.45) is 28.6. The van der Waals surface area contributed by atoms with Crippen LogP contribution in [0, 0.1) is 0 Å². The molecule has 2 heterocycles. The van der Waals surface area contributed by atoms with Crippen molar-refractivity contribution in [2.75, 3.05) is 28.6 Å². The minimum Gasteiger partial charge on any atom is -0.344 e. The van der Waals surface area contributed by atoms with Crippen molar-refractivity contribution in [3.8, 4) is 0 Å².